The van der Waals surface area contributed by atoms with Gasteiger partial charge in [0.1, 0.15) is 11.5 Å². The number of carbonyl (C=O) groups is 2. The molecule has 2 aromatic heterocycles. The second kappa shape index (κ2) is 10.4. The van der Waals surface area contributed by atoms with Crippen LogP contribution in [0.2, 0.25) is 0 Å². The van der Waals surface area contributed by atoms with Crippen LogP contribution < -0.4 is 9.80 Å². The standard InChI is InChI=1S/C30H26N2O4/c1-22-21-28(32(23-9-3-2-4-10-23)30(34)18-16-25-12-8-20-36-25)26-13-5-6-14-27(26)31(22)29(33)17-15-24-11-7-19-35-24/h2-20,22,28H,21H2,1H3/b17-15+,18-16+/t22-,28-/m1/s1. The minimum atomic E-state index is -0.259. The van der Waals surface area contributed by atoms with Crippen molar-refractivity contribution in [2.45, 2.75) is 25.4 Å². The number of carbonyl (C=O) groups excluding carboxylic acids is 2. The normalized spacial score (nSPS) is 17.4. The fraction of sp³-hybridized carbons (Fsp3) is 0.133. The maximum atomic E-state index is 13.6. The molecular weight excluding hydrogens is 452 g/mol. The summed E-state index contributed by atoms with van der Waals surface area (Å²) in [6.07, 6.45) is 10.1. The van der Waals surface area contributed by atoms with E-state index in [2.05, 4.69) is 0 Å². The lowest BCUT2D eigenvalue weighted by Crippen LogP contribution is -2.47. The molecule has 0 aliphatic carbocycles. The van der Waals surface area contributed by atoms with E-state index in [1.165, 1.54) is 12.2 Å². The number of nitrogens with zero attached hydrogens (tertiary/aromatic N) is 2. The van der Waals surface area contributed by atoms with Gasteiger partial charge in [-0.3, -0.25) is 9.59 Å². The van der Waals surface area contributed by atoms with Crippen LogP contribution in [0.3, 0.4) is 0 Å². The Bertz CT molecular complexity index is 1370. The van der Waals surface area contributed by atoms with E-state index >= 15 is 0 Å². The molecule has 0 saturated heterocycles. The summed E-state index contributed by atoms with van der Waals surface area (Å²) in [5.41, 5.74) is 2.49. The first-order chi connectivity index (χ1) is 17.6. The van der Waals surface area contributed by atoms with Crippen molar-refractivity contribution in [1.29, 1.82) is 0 Å². The lowest BCUT2D eigenvalue weighted by Gasteiger charge is -2.43. The van der Waals surface area contributed by atoms with Crippen LogP contribution in [0, 0.1) is 0 Å². The van der Waals surface area contributed by atoms with Gasteiger partial charge >= 0.3 is 0 Å². The first kappa shape index (κ1) is 23.2. The topological polar surface area (TPSA) is 66.9 Å². The maximum absolute atomic E-state index is 13.6. The van der Waals surface area contributed by atoms with Gasteiger partial charge in [-0.25, -0.2) is 0 Å². The number of anilines is 2. The van der Waals surface area contributed by atoms with E-state index in [1.54, 1.807) is 58.7 Å². The van der Waals surface area contributed by atoms with E-state index in [0.29, 0.717) is 17.9 Å². The van der Waals surface area contributed by atoms with Crippen molar-refractivity contribution >= 4 is 35.3 Å². The number of amides is 2. The Morgan fingerprint density at radius 2 is 1.47 bits per heavy atom. The molecule has 6 heteroatoms. The number of benzene rings is 2. The monoisotopic (exact) mass is 478 g/mol. The fourth-order valence-electron chi connectivity index (χ4n) is 4.65. The van der Waals surface area contributed by atoms with Crippen LogP contribution in [-0.4, -0.2) is 17.9 Å². The van der Waals surface area contributed by atoms with E-state index in [0.717, 1.165) is 16.9 Å². The largest absolute Gasteiger partial charge is 0.465 e. The second-order valence-corrected chi connectivity index (χ2v) is 8.61. The Kier molecular flexibility index (Phi) is 6.67. The molecule has 2 aromatic carbocycles. The Balaban J connectivity index is 1.51. The number of furan rings is 2. The quantitative estimate of drug-likeness (QED) is 0.297. The van der Waals surface area contributed by atoms with Crippen LogP contribution in [0.4, 0.5) is 11.4 Å². The van der Waals surface area contributed by atoms with E-state index in [9.17, 15) is 9.59 Å². The highest BCUT2D eigenvalue weighted by atomic mass is 16.3. The first-order valence-corrected chi connectivity index (χ1v) is 11.9. The van der Waals surface area contributed by atoms with Crippen molar-refractivity contribution in [2.24, 2.45) is 0 Å². The van der Waals surface area contributed by atoms with Crippen LogP contribution in [0.25, 0.3) is 12.2 Å². The Morgan fingerprint density at radius 1 is 0.833 bits per heavy atom. The average molecular weight is 479 g/mol. The molecule has 5 rings (SSSR count). The van der Waals surface area contributed by atoms with Gasteiger partial charge in [-0.15, -0.1) is 0 Å². The second-order valence-electron chi connectivity index (χ2n) is 8.61. The summed E-state index contributed by atoms with van der Waals surface area (Å²) in [5.74, 6) is 0.916. The summed E-state index contributed by atoms with van der Waals surface area (Å²) in [7, 11) is 0. The zero-order chi connectivity index (χ0) is 24.9. The van der Waals surface area contributed by atoms with Crippen LogP contribution in [0.5, 0.6) is 0 Å². The molecule has 0 N–H and O–H groups in total. The highest BCUT2D eigenvalue weighted by Gasteiger charge is 2.37. The molecule has 36 heavy (non-hydrogen) atoms. The third kappa shape index (κ3) is 4.79. The number of hydrogen-bond acceptors (Lipinski definition) is 4. The first-order valence-electron chi connectivity index (χ1n) is 11.9. The lowest BCUT2D eigenvalue weighted by molar-refractivity contribution is -0.114. The molecule has 1 aliphatic heterocycles. The van der Waals surface area contributed by atoms with Gasteiger partial charge in [0.05, 0.1) is 18.6 Å². The summed E-state index contributed by atoms with van der Waals surface area (Å²) < 4.78 is 10.7. The minimum Gasteiger partial charge on any atom is -0.465 e. The van der Waals surface area contributed by atoms with E-state index in [1.807, 2.05) is 61.5 Å². The predicted octanol–water partition coefficient (Wildman–Crippen LogP) is 6.50. The molecule has 0 fully saturated rings. The van der Waals surface area contributed by atoms with Crippen molar-refractivity contribution in [1.82, 2.24) is 0 Å². The van der Waals surface area contributed by atoms with Crippen LogP contribution in [-0.2, 0) is 9.59 Å². The molecule has 6 nitrogen and oxygen atoms in total. The minimum absolute atomic E-state index is 0.139. The molecule has 2 amide bonds. The third-order valence-electron chi connectivity index (χ3n) is 6.25. The summed E-state index contributed by atoms with van der Waals surface area (Å²) >= 11 is 0. The van der Waals surface area contributed by atoms with Gasteiger partial charge in [-0.05, 0) is 73.5 Å². The van der Waals surface area contributed by atoms with Crippen molar-refractivity contribution < 1.29 is 18.4 Å². The Hall–Kier alpha value is -4.58. The molecule has 3 heterocycles. The van der Waals surface area contributed by atoms with Gasteiger partial charge in [-0.2, -0.15) is 0 Å². The summed E-state index contributed by atoms with van der Waals surface area (Å²) in [6, 6.07) is 24.1. The Labute approximate surface area is 209 Å². The van der Waals surface area contributed by atoms with Crippen molar-refractivity contribution in [2.75, 3.05) is 9.80 Å². The molecule has 180 valence electrons. The van der Waals surface area contributed by atoms with Crippen LogP contribution in [0.1, 0.15) is 36.5 Å². The molecule has 2 atom stereocenters. The molecular formula is C30H26N2O4. The fourth-order valence-corrected chi connectivity index (χ4v) is 4.65. The molecule has 0 bridgehead atoms. The van der Waals surface area contributed by atoms with Gasteiger partial charge in [0, 0.05) is 29.6 Å². The molecule has 0 radical (unpaired) electrons. The zero-order valence-corrected chi connectivity index (χ0v) is 19.9. The average Bonchev–Trinajstić information content (AvgIpc) is 3.61. The van der Waals surface area contributed by atoms with Gasteiger partial charge in [0.15, 0.2) is 0 Å². The molecule has 0 spiro atoms. The van der Waals surface area contributed by atoms with Gasteiger partial charge in [0.25, 0.3) is 11.8 Å². The van der Waals surface area contributed by atoms with Gasteiger partial charge in [-0.1, -0.05) is 36.4 Å². The molecule has 1 aliphatic rings. The molecule has 4 aromatic rings. The van der Waals surface area contributed by atoms with Gasteiger partial charge < -0.3 is 18.6 Å². The Morgan fingerprint density at radius 3 is 2.14 bits per heavy atom. The van der Waals surface area contributed by atoms with Crippen molar-refractivity contribution in [3.05, 3.63) is 121 Å². The number of para-hydroxylation sites is 2. The van der Waals surface area contributed by atoms with E-state index in [-0.39, 0.29) is 23.9 Å². The lowest BCUT2D eigenvalue weighted by atomic mass is 9.89. The number of hydrogen-bond donors (Lipinski definition) is 0. The highest BCUT2D eigenvalue weighted by molar-refractivity contribution is 6.07. The van der Waals surface area contributed by atoms with Crippen LogP contribution in [0.15, 0.2) is 112 Å². The molecule has 0 saturated carbocycles. The summed E-state index contributed by atoms with van der Waals surface area (Å²) in [5, 5.41) is 0. The van der Waals surface area contributed by atoms with E-state index < -0.39 is 0 Å². The van der Waals surface area contributed by atoms with E-state index in [4.69, 9.17) is 8.83 Å². The third-order valence-corrected chi connectivity index (χ3v) is 6.25. The van der Waals surface area contributed by atoms with Crippen molar-refractivity contribution in [3.63, 3.8) is 0 Å². The van der Waals surface area contributed by atoms with Gasteiger partial charge in [0.2, 0.25) is 0 Å². The number of rotatable bonds is 6. The van der Waals surface area contributed by atoms with Crippen molar-refractivity contribution in [3.8, 4) is 0 Å². The maximum Gasteiger partial charge on any atom is 0.251 e. The summed E-state index contributed by atoms with van der Waals surface area (Å²) in [6.45, 7) is 2.01. The molecule has 0 unspecified atom stereocenters. The SMILES string of the molecule is C[C@@H]1C[C@@H](N(C(=O)/C=C/c2ccco2)c2ccccc2)c2ccccc2N1C(=O)/C=C/c1ccco1. The predicted molar refractivity (Wildman–Crippen MR) is 140 cm³/mol. The van der Waals surface area contributed by atoms with Crippen LogP contribution >= 0.6 is 0 Å². The number of fused-ring (bicyclic) bond motifs is 1. The summed E-state index contributed by atoms with van der Waals surface area (Å²) in [4.78, 5) is 30.5. The highest BCUT2D eigenvalue weighted by Crippen LogP contribution is 2.42. The smallest absolute Gasteiger partial charge is 0.251 e. The zero-order valence-electron chi connectivity index (χ0n) is 19.9.